The number of hydrogen-bond donors (Lipinski definition) is 1. The van der Waals surface area contributed by atoms with Gasteiger partial charge in [0.2, 0.25) is 0 Å². The minimum absolute atomic E-state index is 0.0401. The van der Waals surface area contributed by atoms with E-state index in [-0.39, 0.29) is 6.04 Å². The van der Waals surface area contributed by atoms with Gasteiger partial charge < -0.3 is 15.4 Å². The topological polar surface area (TPSA) is 38.5 Å². The quantitative estimate of drug-likeness (QED) is 0.755. The molecule has 0 aliphatic heterocycles. The standard InChI is InChI=1S/C13H22N2OS/c1-15(2)8-9-17-10-12(14)11-6-4-5-7-13(11)16-3/h4-7,12H,8-10,14H2,1-3H3. The van der Waals surface area contributed by atoms with Gasteiger partial charge in [0, 0.05) is 29.7 Å². The van der Waals surface area contributed by atoms with Gasteiger partial charge in [-0.1, -0.05) is 18.2 Å². The molecule has 1 atom stereocenters. The lowest BCUT2D eigenvalue weighted by molar-refractivity contribution is 0.407. The monoisotopic (exact) mass is 254 g/mol. The highest BCUT2D eigenvalue weighted by Gasteiger charge is 2.10. The molecule has 96 valence electrons. The average Bonchev–Trinajstić information content (AvgIpc) is 2.34. The van der Waals surface area contributed by atoms with Gasteiger partial charge in [0.25, 0.3) is 0 Å². The Kier molecular flexibility index (Phi) is 6.40. The summed E-state index contributed by atoms with van der Waals surface area (Å²) < 4.78 is 5.31. The van der Waals surface area contributed by atoms with Gasteiger partial charge in [-0.05, 0) is 20.2 Å². The second-order valence-corrected chi connectivity index (χ2v) is 5.38. The Morgan fingerprint density at radius 1 is 1.35 bits per heavy atom. The Bertz CT molecular complexity index is 331. The molecule has 0 radical (unpaired) electrons. The van der Waals surface area contributed by atoms with Gasteiger partial charge in [-0.25, -0.2) is 0 Å². The molecule has 0 amide bonds. The lowest BCUT2D eigenvalue weighted by Gasteiger charge is -2.16. The number of nitrogens with two attached hydrogens (primary N) is 1. The van der Waals surface area contributed by atoms with Crippen LogP contribution in [-0.4, -0.2) is 44.2 Å². The first-order valence-corrected chi connectivity index (χ1v) is 6.91. The van der Waals surface area contributed by atoms with Crippen molar-refractivity contribution in [3.8, 4) is 5.75 Å². The first-order chi connectivity index (χ1) is 8.15. The predicted molar refractivity (Wildman–Crippen MR) is 75.8 cm³/mol. The summed E-state index contributed by atoms with van der Waals surface area (Å²) in [6.07, 6.45) is 0. The normalized spacial score (nSPS) is 12.8. The number of hydrogen-bond acceptors (Lipinski definition) is 4. The van der Waals surface area contributed by atoms with E-state index in [9.17, 15) is 0 Å². The van der Waals surface area contributed by atoms with Crippen LogP contribution >= 0.6 is 11.8 Å². The van der Waals surface area contributed by atoms with Crippen molar-refractivity contribution in [2.75, 3.05) is 39.3 Å². The first-order valence-electron chi connectivity index (χ1n) is 5.76. The van der Waals surface area contributed by atoms with Gasteiger partial charge in [-0.2, -0.15) is 11.8 Å². The maximum absolute atomic E-state index is 6.17. The summed E-state index contributed by atoms with van der Waals surface area (Å²) in [5.41, 5.74) is 7.26. The second-order valence-electron chi connectivity index (χ2n) is 4.23. The summed E-state index contributed by atoms with van der Waals surface area (Å²) in [6, 6.07) is 8.00. The fourth-order valence-corrected chi connectivity index (χ4v) is 2.61. The molecule has 0 saturated carbocycles. The van der Waals surface area contributed by atoms with Crippen LogP contribution in [0.25, 0.3) is 0 Å². The largest absolute Gasteiger partial charge is 0.496 e. The van der Waals surface area contributed by atoms with Crippen LogP contribution in [0, 0.1) is 0 Å². The van der Waals surface area contributed by atoms with Crippen LogP contribution in [0.3, 0.4) is 0 Å². The molecule has 1 aromatic rings. The third-order valence-electron chi connectivity index (χ3n) is 2.52. The van der Waals surface area contributed by atoms with Crippen LogP contribution in [0.1, 0.15) is 11.6 Å². The molecule has 1 rings (SSSR count). The zero-order chi connectivity index (χ0) is 12.7. The zero-order valence-electron chi connectivity index (χ0n) is 10.8. The third-order valence-corrected chi connectivity index (χ3v) is 3.58. The van der Waals surface area contributed by atoms with E-state index in [2.05, 4.69) is 19.0 Å². The Morgan fingerprint density at radius 3 is 2.71 bits per heavy atom. The van der Waals surface area contributed by atoms with E-state index in [1.54, 1.807) is 7.11 Å². The van der Waals surface area contributed by atoms with E-state index in [1.165, 1.54) is 0 Å². The van der Waals surface area contributed by atoms with Gasteiger partial charge in [0.05, 0.1) is 7.11 Å². The van der Waals surface area contributed by atoms with Crippen LogP contribution in [0.5, 0.6) is 5.75 Å². The molecular weight excluding hydrogens is 232 g/mol. The van der Waals surface area contributed by atoms with E-state index in [4.69, 9.17) is 10.5 Å². The molecule has 0 aliphatic carbocycles. The summed E-state index contributed by atoms with van der Waals surface area (Å²) in [5.74, 6) is 2.91. The Morgan fingerprint density at radius 2 is 2.06 bits per heavy atom. The van der Waals surface area contributed by atoms with Crippen molar-refractivity contribution in [1.29, 1.82) is 0 Å². The average molecular weight is 254 g/mol. The molecule has 1 aromatic carbocycles. The lowest BCUT2D eigenvalue weighted by Crippen LogP contribution is -2.18. The van der Waals surface area contributed by atoms with Crippen LogP contribution in [0.15, 0.2) is 24.3 Å². The van der Waals surface area contributed by atoms with Crippen LogP contribution in [0.2, 0.25) is 0 Å². The highest BCUT2D eigenvalue weighted by atomic mass is 32.2. The molecule has 0 aliphatic rings. The van der Waals surface area contributed by atoms with Gasteiger partial charge >= 0.3 is 0 Å². The van der Waals surface area contributed by atoms with Crippen molar-refractivity contribution in [3.05, 3.63) is 29.8 Å². The first kappa shape index (κ1) is 14.4. The molecule has 0 bridgehead atoms. The SMILES string of the molecule is COc1ccccc1C(N)CSCCN(C)C. The Labute approximate surface area is 108 Å². The van der Waals surface area contributed by atoms with Gasteiger partial charge in [0.15, 0.2) is 0 Å². The molecule has 1 unspecified atom stereocenters. The van der Waals surface area contributed by atoms with Crippen molar-refractivity contribution in [2.24, 2.45) is 5.73 Å². The van der Waals surface area contributed by atoms with Crippen molar-refractivity contribution in [1.82, 2.24) is 4.90 Å². The summed E-state index contributed by atoms with van der Waals surface area (Å²) >= 11 is 1.88. The molecule has 0 fully saturated rings. The van der Waals surface area contributed by atoms with E-state index < -0.39 is 0 Å². The third kappa shape index (κ3) is 4.98. The fraction of sp³-hybridized carbons (Fsp3) is 0.538. The molecule has 0 saturated heterocycles. The van der Waals surface area contributed by atoms with Gasteiger partial charge in [-0.15, -0.1) is 0 Å². The number of methoxy groups -OCH3 is 1. The smallest absolute Gasteiger partial charge is 0.123 e. The number of thioether (sulfide) groups is 1. The van der Waals surface area contributed by atoms with Crippen LogP contribution < -0.4 is 10.5 Å². The van der Waals surface area contributed by atoms with Crippen molar-refractivity contribution >= 4 is 11.8 Å². The minimum atomic E-state index is 0.0401. The molecule has 2 N–H and O–H groups in total. The van der Waals surface area contributed by atoms with Crippen molar-refractivity contribution in [2.45, 2.75) is 6.04 Å². The maximum atomic E-state index is 6.17. The summed E-state index contributed by atoms with van der Waals surface area (Å²) in [6.45, 7) is 1.09. The van der Waals surface area contributed by atoms with Crippen molar-refractivity contribution in [3.63, 3.8) is 0 Å². The highest BCUT2D eigenvalue weighted by Crippen LogP contribution is 2.25. The van der Waals surface area contributed by atoms with E-state index in [1.807, 2.05) is 36.0 Å². The van der Waals surface area contributed by atoms with E-state index in [0.29, 0.717) is 0 Å². The van der Waals surface area contributed by atoms with E-state index >= 15 is 0 Å². The lowest BCUT2D eigenvalue weighted by atomic mass is 10.1. The zero-order valence-corrected chi connectivity index (χ0v) is 11.7. The predicted octanol–water partition coefficient (Wildman–Crippen LogP) is 1.99. The molecular formula is C13H22N2OS. The fourth-order valence-electron chi connectivity index (χ4n) is 1.52. The Balaban J connectivity index is 2.43. The minimum Gasteiger partial charge on any atom is -0.496 e. The summed E-state index contributed by atoms with van der Waals surface area (Å²) in [5, 5.41) is 0. The van der Waals surface area contributed by atoms with Crippen molar-refractivity contribution < 1.29 is 4.74 Å². The van der Waals surface area contributed by atoms with Crippen LogP contribution in [0.4, 0.5) is 0 Å². The van der Waals surface area contributed by atoms with Crippen LogP contribution in [-0.2, 0) is 0 Å². The number of ether oxygens (including phenoxy) is 1. The molecule has 17 heavy (non-hydrogen) atoms. The van der Waals surface area contributed by atoms with Gasteiger partial charge in [0.1, 0.15) is 5.75 Å². The highest BCUT2D eigenvalue weighted by molar-refractivity contribution is 7.99. The Hall–Kier alpha value is -0.710. The number of nitrogens with zero attached hydrogens (tertiary/aromatic N) is 1. The molecule has 3 nitrogen and oxygen atoms in total. The summed E-state index contributed by atoms with van der Waals surface area (Å²) in [7, 11) is 5.85. The second kappa shape index (κ2) is 7.58. The number of rotatable bonds is 7. The van der Waals surface area contributed by atoms with E-state index in [0.717, 1.165) is 29.4 Å². The molecule has 0 spiro atoms. The molecule has 0 aromatic heterocycles. The maximum Gasteiger partial charge on any atom is 0.123 e. The number of para-hydroxylation sites is 1. The number of benzene rings is 1. The molecule has 0 heterocycles. The summed E-state index contributed by atoms with van der Waals surface area (Å²) in [4.78, 5) is 2.18. The van der Waals surface area contributed by atoms with Gasteiger partial charge in [-0.3, -0.25) is 0 Å². The molecule has 4 heteroatoms.